The number of hydrogen-bond acceptors (Lipinski definition) is 4. The number of nitrogens with one attached hydrogen (secondary N) is 2. The van der Waals surface area contributed by atoms with Crippen LogP contribution in [-0.2, 0) is 4.79 Å². The molecule has 0 saturated heterocycles. The van der Waals surface area contributed by atoms with Crippen molar-refractivity contribution >= 4 is 23.2 Å². The van der Waals surface area contributed by atoms with Crippen LogP contribution in [0.5, 0.6) is 0 Å². The second-order valence-corrected chi connectivity index (χ2v) is 5.60. The molecule has 0 atom stereocenters. The molecule has 0 aliphatic heterocycles. The van der Waals surface area contributed by atoms with Gasteiger partial charge in [0.1, 0.15) is 5.69 Å². The normalized spacial score (nSPS) is 11.0. The molecule has 0 aliphatic carbocycles. The summed E-state index contributed by atoms with van der Waals surface area (Å²) in [6, 6.07) is 10.9. The minimum Gasteiger partial charge on any atom is -0.326 e. The number of benzene rings is 1. The zero-order chi connectivity index (χ0) is 17.5. The molecule has 1 aromatic carbocycles. The molecule has 6 heteroatoms. The lowest BCUT2D eigenvalue weighted by Gasteiger charge is -2.07. The van der Waals surface area contributed by atoms with Crippen LogP contribution in [0.3, 0.4) is 0 Å². The summed E-state index contributed by atoms with van der Waals surface area (Å²) in [6.45, 7) is 5.63. The summed E-state index contributed by atoms with van der Waals surface area (Å²) in [6.07, 6.45) is 1.62. The highest BCUT2D eigenvalue weighted by atomic mass is 16.2. The van der Waals surface area contributed by atoms with Crippen molar-refractivity contribution in [1.29, 1.82) is 0 Å². The first-order valence-electron chi connectivity index (χ1n) is 7.57. The highest BCUT2D eigenvalue weighted by Crippen LogP contribution is 2.13. The Bertz CT molecular complexity index is 750. The number of aryl methyl sites for hydroxylation is 2. The van der Waals surface area contributed by atoms with Crippen LogP contribution in [0.1, 0.15) is 35.0 Å². The molecule has 24 heavy (non-hydrogen) atoms. The number of carbonyl (C=O) groups is 2. The van der Waals surface area contributed by atoms with Gasteiger partial charge < -0.3 is 5.32 Å². The maximum absolute atomic E-state index is 12.0. The van der Waals surface area contributed by atoms with Crippen molar-refractivity contribution in [2.24, 2.45) is 5.10 Å². The van der Waals surface area contributed by atoms with Crippen molar-refractivity contribution in [3.63, 3.8) is 0 Å². The maximum Gasteiger partial charge on any atom is 0.289 e. The molecule has 0 fully saturated rings. The average molecular weight is 324 g/mol. The first-order valence-corrected chi connectivity index (χ1v) is 7.57. The molecule has 0 unspecified atom stereocenters. The fourth-order valence-electron chi connectivity index (χ4n) is 2.22. The predicted molar refractivity (Wildman–Crippen MR) is 94.0 cm³/mol. The third-order valence-corrected chi connectivity index (χ3v) is 3.17. The first-order chi connectivity index (χ1) is 11.4. The summed E-state index contributed by atoms with van der Waals surface area (Å²) >= 11 is 0. The fourth-order valence-corrected chi connectivity index (χ4v) is 2.22. The molecule has 1 aromatic heterocycles. The molecule has 0 radical (unpaired) electrons. The summed E-state index contributed by atoms with van der Waals surface area (Å²) in [5.74, 6) is -0.599. The van der Waals surface area contributed by atoms with Gasteiger partial charge in [0.25, 0.3) is 5.91 Å². The van der Waals surface area contributed by atoms with E-state index in [2.05, 4.69) is 20.8 Å². The molecule has 0 saturated carbocycles. The number of amides is 2. The van der Waals surface area contributed by atoms with Gasteiger partial charge >= 0.3 is 0 Å². The molecule has 2 N–H and O–H groups in total. The Balaban J connectivity index is 1.90. The molecular weight excluding hydrogens is 304 g/mol. The molecule has 1 heterocycles. The number of hydrogen-bond donors (Lipinski definition) is 2. The second-order valence-electron chi connectivity index (χ2n) is 5.60. The van der Waals surface area contributed by atoms with Crippen molar-refractivity contribution in [1.82, 2.24) is 10.4 Å². The number of pyridine rings is 1. The van der Waals surface area contributed by atoms with Crippen molar-refractivity contribution in [2.75, 3.05) is 5.32 Å². The molecule has 6 nitrogen and oxygen atoms in total. The van der Waals surface area contributed by atoms with Crippen LogP contribution >= 0.6 is 0 Å². The molecule has 124 valence electrons. The maximum atomic E-state index is 12.0. The standard InChI is InChI=1S/C18H20N4O2/c1-12-8-13(2)10-15(9-12)20-17(23)11-14(3)21-22-18(24)16-6-4-5-7-19-16/h4-10H,11H2,1-3H3,(H,20,23)(H,22,24)/b21-14-. The van der Waals surface area contributed by atoms with E-state index in [-0.39, 0.29) is 18.0 Å². The van der Waals surface area contributed by atoms with E-state index in [1.807, 2.05) is 32.0 Å². The molecule has 2 aromatic rings. The fraction of sp³-hybridized carbons (Fsp3) is 0.222. The smallest absolute Gasteiger partial charge is 0.289 e. The van der Waals surface area contributed by atoms with E-state index >= 15 is 0 Å². The predicted octanol–water partition coefficient (Wildman–Crippen LogP) is 2.83. The summed E-state index contributed by atoms with van der Waals surface area (Å²) in [5, 5.41) is 6.76. The van der Waals surface area contributed by atoms with E-state index < -0.39 is 5.91 Å². The lowest BCUT2D eigenvalue weighted by atomic mass is 10.1. The Morgan fingerprint density at radius 2 is 1.83 bits per heavy atom. The second kappa shape index (κ2) is 8.01. The molecule has 0 aliphatic rings. The van der Waals surface area contributed by atoms with Crippen molar-refractivity contribution in [2.45, 2.75) is 27.2 Å². The number of anilines is 1. The van der Waals surface area contributed by atoms with Crippen LogP contribution in [0, 0.1) is 13.8 Å². The molecule has 0 bridgehead atoms. The van der Waals surface area contributed by atoms with Crippen LogP contribution < -0.4 is 10.7 Å². The van der Waals surface area contributed by atoms with Crippen molar-refractivity contribution in [3.05, 3.63) is 59.4 Å². The van der Waals surface area contributed by atoms with E-state index in [1.54, 1.807) is 25.1 Å². The molecule has 2 amide bonds. The average Bonchev–Trinajstić information content (AvgIpc) is 2.52. The van der Waals surface area contributed by atoms with E-state index in [1.165, 1.54) is 6.20 Å². The van der Waals surface area contributed by atoms with Gasteiger partial charge in [-0.15, -0.1) is 0 Å². The van der Waals surface area contributed by atoms with Gasteiger partial charge in [-0.1, -0.05) is 12.1 Å². The van der Waals surface area contributed by atoms with Gasteiger partial charge in [-0.3, -0.25) is 14.6 Å². The van der Waals surface area contributed by atoms with Crippen LogP contribution in [0.15, 0.2) is 47.7 Å². The van der Waals surface area contributed by atoms with Crippen LogP contribution in [0.2, 0.25) is 0 Å². The quantitative estimate of drug-likeness (QED) is 0.655. The number of carbonyl (C=O) groups excluding carboxylic acids is 2. The van der Waals surface area contributed by atoms with E-state index in [4.69, 9.17) is 0 Å². The summed E-state index contributed by atoms with van der Waals surface area (Å²) in [4.78, 5) is 27.8. The van der Waals surface area contributed by atoms with Crippen LogP contribution in [0.25, 0.3) is 0 Å². The van der Waals surface area contributed by atoms with Gasteiger partial charge in [-0.2, -0.15) is 5.10 Å². The van der Waals surface area contributed by atoms with E-state index in [9.17, 15) is 9.59 Å². The Morgan fingerprint density at radius 1 is 1.12 bits per heavy atom. The summed E-state index contributed by atoms with van der Waals surface area (Å²) in [7, 11) is 0. The topological polar surface area (TPSA) is 83.5 Å². The zero-order valence-corrected chi connectivity index (χ0v) is 14.0. The largest absolute Gasteiger partial charge is 0.326 e. The third-order valence-electron chi connectivity index (χ3n) is 3.17. The molecular formula is C18H20N4O2. The minimum absolute atomic E-state index is 0.0927. The Hall–Kier alpha value is -3.02. The van der Waals surface area contributed by atoms with Gasteiger partial charge in [0.05, 0.1) is 6.42 Å². The highest BCUT2D eigenvalue weighted by molar-refractivity contribution is 6.06. The van der Waals surface area contributed by atoms with Gasteiger partial charge in [-0.25, -0.2) is 5.43 Å². The Morgan fingerprint density at radius 3 is 2.46 bits per heavy atom. The summed E-state index contributed by atoms with van der Waals surface area (Å²) in [5.41, 5.74) is 6.08. The lowest BCUT2D eigenvalue weighted by molar-refractivity contribution is -0.115. The Kier molecular flexibility index (Phi) is 5.78. The van der Waals surface area contributed by atoms with Gasteiger partial charge in [0.2, 0.25) is 5.91 Å². The number of hydrazone groups is 1. The zero-order valence-electron chi connectivity index (χ0n) is 14.0. The number of aromatic nitrogens is 1. The van der Waals surface area contributed by atoms with E-state index in [0.717, 1.165) is 16.8 Å². The molecule has 2 rings (SSSR count). The highest BCUT2D eigenvalue weighted by Gasteiger charge is 2.08. The molecule has 0 spiro atoms. The van der Waals surface area contributed by atoms with Gasteiger partial charge in [0, 0.05) is 17.6 Å². The monoisotopic (exact) mass is 324 g/mol. The minimum atomic E-state index is -0.412. The van der Waals surface area contributed by atoms with Crippen LogP contribution in [-0.4, -0.2) is 22.5 Å². The first kappa shape index (κ1) is 17.3. The lowest BCUT2D eigenvalue weighted by Crippen LogP contribution is -2.22. The number of nitrogens with zero attached hydrogens (tertiary/aromatic N) is 2. The van der Waals surface area contributed by atoms with Gasteiger partial charge in [0.15, 0.2) is 0 Å². The third kappa shape index (κ3) is 5.31. The van der Waals surface area contributed by atoms with Gasteiger partial charge in [-0.05, 0) is 56.2 Å². The van der Waals surface area contributed by atoms with Crippen molar-refractivity contribution in [3.8, 4) is 0 Å². The summed E-state index contributed by atoms with van der Waals surface area (Å²) < 4.78 is 0. The Labute approximate surface area is 141 Å². The number of rotatable bonds is 5. The van der Waals surface area contributed by atoms with E-state index in [0.29, 0.717) is 5.71 Å². The van der Waals surface area contributed by atoms with Crippen molar-refractivity contribution < 1.29 is 9.59 Å². The van der Waals surface area contributed by atoms with Crippen LogP contribution in [0.4, 0.5) is 5.69 Å². The SMILES string of the molecule is C/C(CC(=O)Nc1cc(C)cc(C)c1)=N/NC(=O)c1ccccn1.